The molecule has 3 nitrogen and oxygen atoms in total. The molecule has 0 fully saturated rings. The first kappa shape index (κ1) is 13.7. The highest BCUT2D eigenvalue weighted by Gasteiger charge is 1.93. The van der Waals surface area contributed by atoms with Gasteiger partial charge in [-0.15, -0.1) is 0 Å². The lowest BCUT2D eigenvalue weighted by atomic mass is 10.2. The summed E-state index contributed by atoms with van der Waals surface area (Å²) in [5.74, 6) is 0.133. The van der Waals surface area contributed by atoms with E-state index in [1.165, 1.54) is 6.92 Å². The number of nitrogens with one attached hydrogen (secondary N) is 1. The molecular formula is C9H19NO2. The average Bonchev–Trinajstić information content (AvgIpc) is 2.02. The molecule has 0 spiro atoms. The van der Waals surface area contributed by atoms with Crippen LogP contribution < -0.4 is 5.32 Å². The van der Waals surface area contributed by atoms with Gasteiger partial charge in [-0.05, 0) is 13.3 Å². The van der Waals surface area contributed by atoms with Gasteiger partial charge in [-0.2, -0.15) is 0 Å². The maximum Gasteiger partial charge on any atom is 0.216 e. The van der Waals surface area contributed by atoms with Crippen LogP contribution >= 0.6 is 0 Å². The Bertz CT molecular complexity index is 116. The lowest BCUT2D eigenvalue weighted by Crippen LogP contribution is -2.21. The van der Waals surface area contributed by atoms with Gasteiger partial charge < -0.3 is 10.1 Å². The fourth-order valence-corrected chi connectivity index (χ4v) is 0.602. The minimum Gasteiger partial charge on any atom is -0.356 e. The van der Waals surface area contributed by atoms with Crippen molar-refractivity contribution in [3.63, 3.8) is 0 Å². The molecule has 0 bridgehead atoms. The Kier molecular flexibility index (Phi) is 11.6. The number of carbonyl (C=O) groups excluding carboxylic acids is 2. The van der Waals surface area contributed by atoms with Crippen LogP contribution in [-0.2, 0) is 9.59 Å². The van der Waals surface area contributed by atoms with Crippen molar-refractivity contribution in [1.29, 1.82) is 0 Å². The van der Waals surface area contributed by atoms with Gasteiger partial charge >= 0.3 is 0 Å². The molecule has 72 valence electrons. The van der Waals surface area contributed by atoms with E-state index < -0.39 is 0 Å². The van der Waals surface area contributed by atoms with Crippen molar-refractivity contribution in [2.24, 2.45) is 0 Å². The standard InChI is InChI=1S/C7H13NO2.C2H6/c1-6(9)4-3-5-8-7(2)10;1-2/h3-5H2,1-2H3,(H,8,10);1-2H3. The van der Waals surface area contributed by atoms with Gasteiger partial charge in [0.15, 0.2) is 0 Å². The topological polar surface area (TPSA) is 46.2 Å². The van der Waals surface area contributed by atoms with Crippen LogP contribution in [0.25, 0.3) is 0 Å². The summed E-state index contributed by atoms with van der Waals surface area (Å²) in [5, 5.41) is 2.61. The molecule has 1 amide bonds. The van der Waals surface area contributed by atoms with Crippen LogP contribution in [0, 0.1) is 0 Å². The van der Waals surface area contributed by atoms with Gasteiger partial charge in [-0.3, -0.25) is 4.79 Å². The zero-order valence-electron chi connectivity index (χ0n) is 8.44. The first-order valence-corrected chi connectivity index (χ1v) is 4.37. The van der Waals surface area contributed by atoms with E-state index in [2.05, 4.69) is 5.32 Å². The summed E-state index contributed by atoms with van der Waals surface area (Å²) in [6, 6.07) is 0. The van der Waals surface area contributed by atoms with Crippen LogP contribution in [0.15, 0.2) is 0 Å². The summed E-state index contributed by atoms with van der Waals surface area (Å²) >= 11 is 0. The molecular weight excluding hydrogens is 154 g/mol. The van der Waals surface area contributed by atoms with Gasteiger partial charge in [0.05, 0.1) is 0 Å². The van der Waals surface area contributed by atoms with Gasteiger partial charge in [0, 0.05) is 19.9 Å². The monoisotopic (exact) mass is 173 g/mol. The summed E-state index contributed by atoms with van der Waals surface area (Å²) in [6.07, 6.45) is 1.30. The van der Waals surface area contributed by atoms with Crippen LogP contribution in [-0.4, -0.2) is 18.2 Å². The summed E-state index contributed by atoms with van der Waals surface area (Å²) in [6.45, 7) is 7.62. The number of hydrogen-bond acceptors (Lipinski definition) is 2. The molecule has 0 atom stereocenters. The lowest BCUT2D eigenvalue weighted by Gasteiger charge is -1.98. The van der Waals surface area contributed by atoms with Gasteiger partial charge in [0.25, 0.3) is 0 Å². The molecule has 0 aliphatic rings. The van der Waals surface area contributed by atoms with Crippen molar-refractivity contribution in [1.82, 2.24) is 5.32 Å². The quantitative estimate of drug-likeness (QED) is 0.655. The van der Waals surface area contributed by atoms with E-state index in [4.69, 9.17) is 0 Å². The molecule has 0 aromatic heterocycles. The minimum absolute atomic E-state index is 0.0384. The molecule has 0 aliphatic carbocycles. The van der Waals surface area contributed by atoms with Crippen LogP contribution in [0.1, 0.15) is 40.5 Å². The zero-order chi connectivity index (χ0) is 9.98. The number of carbonyl (C=O) groups is 2. The molecule has 1 N–H and O–H groups in total. The van der Waals surface area contributed by atoms with Crippen molar-refractivity contribution in [2.75, 3.05) is 6.54 Å². The van der Waals surface area contributed by atoms with Crippen LogP contribution in [0.2, 0.25) is 0 Å². The summed E-state index contributed by atoms with van der Waals surface area (Å²) in [5.41, 5.74) is 0. The number of rotatable bonds is 4. The first-order valence-electron chi connectivity index (χ1n) is 4.37. The Balaban J connectivity index is 0. The van der Waals surface area contributed by atoms with Crippen molar-refractivity contribution < 1.29 is 9.59 Å². The summed E-state index contributed by atoms with van der Waals surface area (Å²) in [4.78, 5) is 20.7. The van der Waals surface area contributed by atoms with Crippen LogP contribution in [0.5, 0.6) is 0 Å². The first-order chi connectivity index (χ1) is 5.63. The van der Waals surface area contributed by atoms with Crippen molar-refractivity contribution in [2.45, 2.75) is 40.5 Å². The van der Waals surface area contributed by atoms with E-state index in [0.29, 0.717) is 13.0 Å². The van der Waals surface area contributed by atoms with E-state index in [1.807, 2.05) is 13.8 Å². The third-order valence-corrected chi connectivity index (χ3v) is 1.08. The fourth-order valence-electron chi connectivity index (χ4n) is 0.602. The highest BCUT2D eigenvalue weighted by atomic mass is 16.1. The Hall–Kier alpha value is -0.860. The van der Waals surface area contributed by atoms with E-state index in [1.54, 1.807) is 6.92 Å². The molecule has 0 aliphatic heterocycles. The van der Waals surface area contributed by atoms with Gasteiger partial charge in [0.1, 0.15) is 5.78 Å². The average molecular weight is 173 g/mol. The maximum atomic E-state index is 10.4. The van der Waals surface area contributed by atoms with Crippen molar-refractivity contribution in [3.05, 3.63) is 0 Å². The largest absolute Gasteiger partial charge is 0.356 e. The molecule has 0 unspecified atom stereocenters. The molecule has 12 heavy (non-hydrogen) atoms. The van der Waals surface area contributed by atoms with E-state index in [9.17, 15) is 9.59 Å². The molecule has 0 heterocycles. The normalized spacial score (nSPS) is 8.00. The Morgan fingerprint density at radius 2 is 1.67 bits per heavy atom. The highest BCUT2D eigenvalue weighted by molar-refractivity contribution is 5.75. The van der Waals surface area contributed by atoms with Crippen LogP contribution in [0.4, 0.5) is 0 Å². The molecule has 0 aromatic rings. The predicted molar refractivity (Wildman–Crippen MR) is 49.9 cm³/mol. The second kappa shape index (κ2) is 10.1. The van der Waals surface area contributed by atoms with E-state index in [0.717, 1.165) is 6.42 Å². The molecule has 3 heteroatoms. The Labute approximate surface area is 74.5 Å². The Morgan fingerprint density at radius 3 is 2.00 bits per heavy atom. The van der Waals surface area contributed by atoms with Crippen LogP contribution in [0.3, 0.4) is 0 Å². The molecule has 0 radical (unpaired) electrons. The van der Waals surface area contributed by atoms with Crippen molar-refractivity contribution >= 4 is 11.7 Å². The third-order valence-electron chi connectivity index (χ3n) is 1.08. The number of ketones is 1. The van der Waals surface area contributed by atoms with Crippen molar-refractivity contribution in [3.8, 4) is 0 Å². The number of amides is 1. The Morgan fingerprint density at radius 1 is 1.17 bits per heavy atom. The smallest absolute Gasteiger partial charge is 0.216 e. The summed E-state index contributed by atoms with van der Waals surface area (Å²) < 4.78 is 0. The second-order valence-corrected chi connectivity index (χ2v) is 2.29. The van der Waals surface area contributed by atoms with Gasteiger partial charge in [0.2, 0.25) is 5.91 Å². The van der Waals surface area contributed by atoms with E-state index >= 15 is 0 Å². The molecule has 0 rings (SSSR count). The maximum absolute atomic E-state index is 10.4. The molecule has 0 aromatic carbocycles. The third kappa shape index (κ3) is 16.1. The number of Topliss-reactive ketones (excluding diaryl/α,β-unsaturated/α-hetero) is 1. The van der Waals surface area contributed by atoms with Gasteiger partial charge in [-0.25, -0.2) is 0 Å². The van der Waals surface area contributed by atoms with E-state index in [-0.39, 0.29) is 11.7 Å². The van der Waals surface area contributed by atoms with Gasteiger partial charge in [-0.1, -0.05) is 13.8 Å². The minimum atomic E-state index is -0.0384. The summed E-state index contributed by atoms with van der Waals surface area (Å²) in [7, 11) is 0. The SMILES string of the molecule is CC.CC(=O)CCCNC(C)=O. The lowest BCUT2D eigenvalue weighted by molar-refractivity contribution is -0.120. The number of hydrogen-bond donors (Lipinski definition) is 1. The molecule has 0 saturated carbocycles. The molecule has 0 saturated heterocycles. The second-order valence-electron chi connectivity index (χ2n) is 2.29. The fraction of sp³-hybridized carbons (Fsp3) is 0.778. The highest BCUT2D eigenvalue weighted by Crippen LogP contribution is 1.86. The zero-order valence-corrected chi connectivity index (χ0v) is 8.44. The predicted octanol–water partition coefficient (Wildman–Crippen LogP) is 1.52.